The molecule has 3 aromatic carbocycles. The Balaban J connectivity index is 1.46. The summed E-state index contributed by atoms with van der Waals surface area (Å²) in [5.74, 6) is 0.276. The number of rotatable bonds is 6. The smallest absolute Gasteiger partial charge is 0.269 e. The van der Waals surface area contributed by atoms with Gasteiger partial charge in [-0.2, -0.15) is 0 Å². The zero-order valence-electron chi connectivity index (χ0n) is 22.2. The minimum atomic E-state index is -4.06. The van der Waals surface area contributed by atoms with E-state index in [1.54, 1.807) is 36.4 Å². The standard InChI is InChI=1S/C28H27ClN4O5S2/c1-28(2,3)18-7-14-23-22(15-18)33(40(35,36)21-12-10-20(37-4)11-13-21)16-24(38-23)25(34)30-27-32-31-26(39-27)17-5-8-19(29)9-6-17/h5-15,24H,16H2,1-4H3,(H,30,32,34)/t24-/m0/s1. The maximum atomic E-state index is 13.9. The summed E-state index contributed by atoms with van der Waals surface area (Å²) in [6.07, 6.45) is -1.14. The lowest BCUT2D eigenvalue weighted by atomic mass is 9.86. The van der Waals surface area contributed by atoms with Gasteiger partial charge in [-0.1, -0.05) is 61.9 Å². The summed E-state index contributed by atoms with van der Waals surface area (Å²) in [5.41, 5.74) is 1.86. The van der Waals surface area contributed by atoms with Crippen molar-refractivity contribution in [2.75, 3.05) is 23.3 Å². The Morgan fingerprint density at radius 3 is 2.42 bits per heavy atom. The van der Waals surface area contributed by atoms with Gasteiger partial charge in [-0.3, -0.25) is 14.4 Å². The average molecular weight is 599 g/mol. The molecule has 0 fully saturated rings. The van der Waals surface area contributed by atoms with E-state index in [1.807, 2.05) is 39.0 Å². The van der Waals surface area contributed by atoms with Gasteiger partial charge in [-0.05, 0) is 59.5 Å². The van der Waals surface area contributed by atoms with Crippen LogP contribution in [0.25, 0.3) is 10.6 Å². The quantitative estimate of drug-likeness (QED) is 0.300. The first-order valence-corrected chi connectivity index (χ1v) is 15.0. The van der Waals surface area contributed by atoms with E-state index in [9.17, 15) is 13.2 Å². The Bertz CT molecular complexity index is 1650. The summed E-state index contributed by atoms with van der Waals surface area (Å²) in [6.45, 7) is 5.88. The number of methoxy groups -OCH3 is 1. The number of carbonyl (C=O) groups excluding carboxylic acids is 1. The van der Waals surface area contributed by atoms with Crippen molar-refractivity contribution in [1.29, 1.82) is 0 Å². The first kappa shape index (κ1) is 27.9. The molecule has 4 aromatic rings. The van der Waals surface area contributed by atoms with E-state index in [0.29, 0.717) is 21.5 Å². The molecule has 1 aromatic heterocycles. The van der Waals surface area contributed by atoms with Crippen molar-refractivity contribution in [1.82, 2.24) is 10.2 Å². The fourth-order valence-corrected chi connectivity index (χ4v) is 6.47. The molecule has 40 heavy (non-hydrogen) atoms. The Morgan fingerprint density at radius 2 is 1.77 bits per heavy atom. The first-order valence-electron chi connectivity index (χ1n) is 12.3. The number of carbonyl (C=O) groups is 1. The van der Waals surface area contributed by atoms with Crippen LogP contribution >= 0.6 is 22.9 Å². The molecule has 0 saturated carbocycles. The number of anilines is 2. The van der Waals surface area contributed by atoms with E-state index < -0.39 is 22.0 Å². The fourth-order valence-electron chi connectivity index (χ4n) is 4.13. The molecule has 1 N–H and O–H groups in total. The predicted octanol–water partition coefficient (Wildman–Crippen LogP) is 5.76. The van der Waals surface area contributed by atoms with Crippen LogP contribution in [0.3, 0.4) is 0 Å². The van der Waals surface area contributed by atoms with Gasteiger partial charge in [0, 0.05) is 10.6 Å². The van der Waals surface area contributed by atoms with Gasteiger partial charge in [0.1, 0.15) is 16.5 Å². The van der Waals surface area contributed by atoms with Gasteiger partial charge in [0.2, 0.25) is 5.13 Å². The molecule has 0 saturated heterocycles. The van der Waals surface area contributed by atoms with Crippen LogP contribution in [-0.4, -0.2) is 44.3 Å². The maximum Gasteiger partial charge on any atom is 0.269 e. The molecule has 12 heteroatoms. The maximum absolute atomic E-state index is 13.9. The van der Waals surface area contributed by atoms with E-state index >= 15 is 0 Å². The van der Waals surface area contributed by atoms with Crippen molar-refractivity contribution in [3.05, 3.63) is 77.3 Å². The van der Waals surface area contributed by atoms with Crippen LogP contribution in [0.2, 0.25) is 5.02 Å². The van der Waals surface area contributed by atoms with Crippen LogP contribution in [0.15, 0.2) is 71.6 Å². The molecule has 208 valence electrons. The normalized spacial score (nSPS) is 15.2. The number of benzene rings is 3. The van der Waals surface area contributed by atoms with E-state index in [1.165, 1.54) is 34.9 Å². The summed E-state index contributed by atoms with van der Waals surface area (Å²) in [6, 6.07) is 18.6. The van der Waals surface area contributed by atoms with Gasteiger partial charge < -0.3 is 9.47 Å². The molecule has 0 bridgehead atoms. The molecule has 1 aliphatic heterocycles. The highest BCUT2D eigenvalue weighted by atomic mass is 35.5. The number of hydrogen-bond acceptors (Lipinski definition) is 8. The number of ether oxygens (including phenoxy) is 2. The monoisotopic (exact) mass is 598 g/mol. The lowest BCUT2D eigenvalue weighted by Gasteiger charge is -2.35. The highest BCUT2D eigenvalue weighted by Gasteiger charge is 2.38. The summed E-state index contributed by atoms with van der Waals surface area (Å²) in [5, 5.41) is 12.4. The number of fused-ring (bicyclic) bond motifs is 1. The largest absolute Gasteiger partial charge is 0.497 e. The topological polar surface area (TPSA) is 111 Å². The molecule has 2 heterocycles. The highest BCUT2D eigenvalue weighted by molar-refractivity contribution is 7.92. The second kappa shape index (κ2) is 10.7. The summed E-state index contributed by atoms with van der Waals surface area (Å²) < 4.78 is 40.2. The minimum absolute atomic E-state index is 0.0678. The van der Waals surface area contributed by atoms with Crippen molar-refractivity contribution >= 4 is 49.7 Å². The number of hydrogen-bond donors (Lipinski definition) is 1. The van der Waals surface area contributed by atoms with Crippen LogP contribution in [0, 0.1) is 0 Å². The molecule has 1 aliphatic rings. The number of halogens is 1. The minimum Gasteiger partial charge on any atom is -0.497 e. The third kappa shape index (κ3) is 5.63. The summed E-state index contributed by atoms with van der Waals surface area (Å²) in [4.78, 5) is 13.4. The van der Waals surface area contributed by atoms with E-state index in [-0.39, 0.29) is 27.7 Å². The highest BCUT2D eigenvalue weighted by Crippen LogP contribution is 2.40. The summed E-state index contributed by atoms with van der Waals surface area (Å²) >= 11 is 7.15. The number of sulfonamides is 1. The van der Waals surface area contributed by atoms with Crippen molar-refractivity contribution in [2.24, 2.45) is 0 Å². The van der Waals surface area contributed by atoms with Crippen LogP contribution in [0.4, 0.5) is 10.8 Å². The SMILES string of the molecule is COc1ccc(S(=O)(=O)N2C[C@@H](C(=O)Nc3nnc(-c4ccc(Cl)cc4)s3)Oc3ccc(C(C)(C)C)cc32)cc1. The second-order valence-corrected chi connectivity index (χ2v) is 13.4. The molecule has 0 radical (unpaired) electrons. The number of nitrogens with zero attached hydrogens (tertiary/aromatic N) is 3. The number of amides is 1. The Kier molecular flexibility index (Phi) is 7.47. The van der Waals surface area contributed by atoms with Gasteiger partial charge in [-0.25, -0.2) is 8.42 Å². The number of nitrogens with one attached hydrogen (secondary N) is 1. The van der Waals surface area contributed by atoms with Crippen LogP contribution < -0.4 is 19.1 Å². The van der Waals surface area contributed by atoms with Crippen LogP contribution in [0.5, 0.6) is 11.5 Å². The van der Waals surface area contributed by atoms with Gasteiger partial charge in [0.25, 0.3) is 15.9 Å². The summed E-state index contributed by atoms with van der Waals surface area (Å²) in [7, 11) is -2.55. The molecule has 9 nitrogen and oxygen atoms in total. The molecule has 0 aliphatic carbocycles. The Morgan fingerprint density at radius 1 is 1.07 bits per heavy atom. The molecule has 0 spiro atoms. The molecule has 5 rings (SSSR count). The lowest BCUT2D eigenvalue weighted by molar-refractivity contribution is -0.122. The molecular formula is C28H27ClN4O5S2. The molecule has 1 amide bonds. The van der Waals surface area contributed by atoms with E-state index in [4.69, 9.17) is 21.1 Å². The average Bonchev–Trinajstić information content (AvgIpc) is 3.40. The Hall–Kier alpha value is -3.67. The van der Waals surface area contributed by atoms with Gasteiger partial charge in [0.15, 0.2) is 6.10 Å². The Labute approximate surface area is 241 Å². The van der Waals surface area contributed by atoms with Crippen LogP contribution in [0.1, 0.15) is 26.3 Å². The third-order valence-electron chi connectivity index (χ3n) is 6.38. The molecule has 0 unspecified atom stereocenters. The van der Waals surface area contributed by atoms with E-state index in [0.717, 1.165) is 11.1 Å². The fraction of sp³-hybridized carbons (Fsp3) is 0.250. The van der Waals surface area contributed by atoms with Crippen LogP contribution in [-0.2, 0) is 20.2 Å². The van der Waals surface area contributed by atoms with Gasteiger partial charge >= 0.3 is 0 Å². The van der Waals surface area contributed by atoms with Crippen molar-refractivity contribution in [2.45, 2.75) is 37.2 Å². The van der Waals surface area contributed by atoms with Gasteiger partial charge in [-0.15, -0.1) is 10.2 Å². The zero-order valence-corrected chi connectivity index (χ0v) is 24.6. The third-order valence-corrected chi connectivity index (χ3v) is 9.31. The molecule has 1 atom stereocenters. The molecular weight excluding hydrogens is 572 g/mol. The van der Waals surface area contributed by atoms with E-state index in [2.05, 4.69) is 15.5 Å². The predicted molar refractivity (Wildman–Crippen MR) is 156 cm³/mol. The van der Waals surface area contributed by atoms with Crippen molar-refractivity contribution in [3.8, 4) is 22.1 Å². The number of aromatic nitrogens is 2. The van der Waals surface area contributed by atoms with Crippen molar-refractivity contribution < 1.29 is 22.7 Å². The first-order chi connectivity index (χ1) is 19.0. The zero-order chi connectivity index (χ0) is 28.7. The lowest BCUT2D eigenvalue weighted by Crippen LogP contribution is -2.49. The van der Waals surface area contributed by atoms with Crippen molar-refractivity contribution in [3.63, 3.8) is 0 Å². The second-order valence-electron chi connectivity index (χ2n) is 10.2. The van der Waals surface area contributed by atoms with Gasteiger partial charge in [0.05, 0.1) is 24.2 Å².